The maximum absolute atomic E-state index is 14.3. The van der Waals surface area contributed by atoms with E-state index in [9.17, 15) is 19.5 Å². The van der Waals surface area contributed by atoms with Gasteiger partial charge < -0.3 is 24.4 Å². The molecule has 1 unspecified atom stereocenters. The number of nitrogens with zero attached hydrogens (tertiary/aromatic N) is 5. The number of rotatable bonds is 4. The molecule has 6 atom stereocenters. The third-order valence-electron chi connectivity index (χ3n) is 8.24. The fourth-order valence-corrected chi connectivity index (χ4v) is 6.49. The van der Waals surface area contributed by atoms with Gasteiger partial charge in [-0.2, -0.15) is 0 Å². The quantitative estimate of drug-likeness (QED) is 0.467. The lowest BCUT2D eigenvalue weighted by molar-refractivity contribution is -0.161. The van der Waals surface area contributed by atoms with Gasteiger partial charge in [0.05, 0.1) is 36.3 Å². The molecule has 1 aromatic heterocycles. The lowest BCUT2D eigenvalue weighted by atomic mass is 9.74. The van der Waals surface area contributed by atoms with Crippen LogP contribution in [0.25, 0.3) is 11.0 Å². The van der Waals surface area contributed by atoms with Crippen molar-refractivity contribution in [2.75, 3.05) is 19.8 Å². The first kappa shape index (κ1) is 24.7. The van der Waals surface area contributed by atoms with Gasteiger partial charge in [0.15, 0.2) is 0 Å². The Labute approximate surface area is 219 Å². The van der Waals surface area contributed by atoms with Gasteiger partial charge in [0.1, 0.15) is 29.7 Å². The number of cyclic esters (lactones) is 1. The molecule has 0 radical (unpaired) electrons. The van der Waals surface area contributed by atoms with Crippen molar-refractivity contribution in [3.8, 4) is 0 Å². The van der Waals surface area contributed by atoms with Crippen LogP contribution in [0.5, 0.6) is 0 Å². The number of hydrogen-bond acceptors (Lipinski definition) is 8. The topological polar surface area (TPSA) is 127 Å². The SMILES string of the molecule is C[C@H](CO)N1C(=O)[C@@H]2[C@@H]3C(=O)OCCC/C=C\[C@]3(C)O[C@@]23C=CCN(Cn2nnc4ccccc42)C(=O)C13. The van der Waals surface area contributed by atoms with E-state index in [0.717, 1.165) is 5.52 Å². The molecule has 11 nitrogen and oxygen atoms in total. The number of para-hydroxylation sites is 1. The summed E-state index contributed by atoms with van der Waals surface area (Å²) in [6, 6.07) is 5.72. The van der Waals surface area contributed by atoms with Gasteiger partial charge in [0.25, 0.3) is 5.91 Å². The zero-order chi connectivity index (χ0) is 26.7. The number of likely N-dealkylation sites (tertiary alicyclic amines) is 1. The smallest absolute Gasteiger partial charge is 0.313 e. The maximum Gasteiger partial charge on any atom is 0.313 e. The fourth-order valence-electron chi connectivity index (χ4n) is 6.49. The van der Waals surface area contributed by atoms with E-state index in [1.165, 1.54) is 4.90 Å². The molecule has 200 valence electrons. The predicted octanol–water partition coefficient (Wildman–Crippen LogP) is 1.03. The molecule has 38 heavy (non-hydrogen) atoms. The van der Waals surface area contributed by atoms with Gasteiger partial charge in [-0.15, -0.1) is 5.10 Å². The Balaban J connectivity index is 1.44. The van der Waals surface area contributed by atoms with E-state index < -0.39 is 47.0 Å². The number of ether oxygens (including phenoxy) is 2. The second kappa shape index (κ2) is 9.02. The first-order valence-corrected chi connectivity index (χ1v) is 13.0. The van der Waals surface area contributed by atoms with E-state index in [1.54, 1.807) is 29.5 Å². The van der Waals surface area contributed by atoms with Crippen LogP contribution in [0.4, 0.5) is 0 Å². The van der Waals surface area contributed by atoms with Crippen LogP contribution in [0, 0.1) is 11.8 Å². The second-order valence-electron chi connectivity index (χ2n) is 10.7. The normalized spacial score (nSPS) is 34.6. The molecule has 4 aliphatic heterocycles. The highest BCUT2D eigenvalue weighted by Crippen LogP contribution is 2.57. The maximum atomic E-state index is 14.3. The number of allylic oxidation sites excluding steroid dienone is 1. The van der Waals surface area contributed by atoms with Gasteiger partial charge >= 0.3 is 5.97 Å². The molecule has 4 aliphatic rings. The van der Waals surface area contributed by atoms with E-state index >= 15 is 0 Å². The Morgan fingerprint density at radius 3 is 2.76 bits per heavy atom. The first-order valence-electron chi connectivity index (χ1n) is 13.0. The van der Waals surface area contributed by atoms with Crippen LogP contribution in [0.3, 0.4) is 0 Å². The van der Waals surface area contributed by atoms with Crippen LogP contribution < -0.4 is 0 Å². The molecule has 2 aromatic rings. The largest absolute Gasteiger partial charge is 0.465 e. The monoisotopic (exact) mass is 521 g/mol. The van der Waals surface area contributed by atoms with Crippen molar-refractivity contribution in [3.05, 3.63) is 48.6 Å². The molecule has 2 saturated heterocycles. The lowest BCUT2D eigenvalue weighted by Gasteiger charge is -2.39. The first-order chi connectivity index (χ1) is 18.3. The summed E-state index contributed by atoms with van der Waals surface area (Å²) >= 11 is 0. The molecular weight excluding hydrogens is 490 g/mol. The van der Waals surface area contributed by atoms with Crippen molar-refractivity contribution in [1.29, 1.82) is 0 Å². The Morgan fingerprint density at radius 2 is 1.95 bits per heavy atom. The number of benzene rings is 1. The number of aromatic nitrogens is 3. The number of carbonyl (C=O) groups is 3. The highest BCUT2D eigenvalue weighted by atomic mass is 16.6. The molecule has 2 fully saturated rings. The molecule has 0 aliphatic carbocycles. The Kier molecular flexibility index (Phi) is 5.88. The second-order valence-corrected chi connectivity index (χ2v) is 10.7. The van der Waals surface area contributed by atoms with Crippen LogP contribution >= 0.6 is 0 Å². The molecular formula is C27H31N5O6. The van der Waals surface area contributed by atoms with Gasteiger partial charge in [-0.3, -0.25) is 14.4 Å². The van der Waals surface area contributed by atoms with Crippen molar-refractivity contribution in [3.63, 3.8) is 0 Å². The summed E-state index contributed by atoms with van der Waals surface area (Å²) in [6.45, 7) is 3.73. The van der Waals surface area contributed by atoms with Crippen molar-refractivity contribution < 1.29 is 29.0 Å². The summed E-state index contributed by atoms with van der Waals surface area (Å²) in [7, 11) is 0. The van der Waals surface area contributed by atoms with Gasteiger partial charge in [-0.1, -0.05) is 41.7 Å². The molecule has 2 amide bonds. The number of hydrogen-bond donors (Lipinski definition) is 1. The van der Waals surface area contributed by atoms with E-state index in [2.05, 4.69) is 10.3 Å². The van der Waals surface area contributed by atoms with Gasteiger partial charge in [0.2, 0.25) is 5.91 Å². The third kappa shape index (κ3) is 3.52. The van der Waals surface area contributed by atoms with Crippen LogP contribution in [0.1, 0.15) is 26.7 Å². The van der Waals surface area contributed by atoms with E-state index in [0.29, 0.717) is 18.4 Å². The summed E-state index contributed by atoms with van der Waals surface area (Å²) in [5.74, 6) is -3.18. The summed E-state index contributed by atoms with van der Waals surface area (Å²) in [5, 5.41) is 18.5. The standard InChI is InChI=1S/C27H31N5O6/c1-17(15-33)32-22-24(35)30(16-31-19-10-5-4-9-18(19)28-29-31)13-8-12-27(22)20(23(32)34)21-25(36)37-14-7-3-6-11-26(21,2)38-27/h4-6,8-12,17,20-22,33H,3,7,13-16H2,1-2H3/b11-6-/t17-,20+,21-,22?,26+,27+/m1/s1. The van der Waals surface area contributed by atoms with E-state index in [-0.39, 0.29) is 32.3 Å². The predicted molar refractivity (Wildman–Crippen MR) is 134 cm³/mol. The zero-order valence-electron chi connectivity index (χ0n) is 21.4. The average molecular weight is 522 g/mol. The number of esters is 1. The van der Waals surface area contributed by atoms with Crippen LogP contribution in [-0.2, 0) is 30.5 Å². The minimum atomic E-state index is -1.40. The molecule has 0 saturated carbocycles. The molecule has 1 N–H and O–H groups in total. The van der Waals surface area contributed by atoms with Crippen LogP contribution in [0.15, 0.2) is 48.6 Å². The van der Waals surface area contributed by atoms with Gasteiger partial charge in [0, 0.05) is 6.54 Å². The number of fused-ring (bicyclic) bond motifs is 3. The zero-order valence-corrected chi connectivity index (χ0v) is 21.4. The minimum absolute atomic E-state index is 0.110. The van der Waals surface area contributed by atoms with Gasteiger partial charge in [-0.25, -0.2) is 4.68 Å². The Bertz CT molecular complexity index is 1350. The highest BCUT2D eigenvalue weighted by molar-refractivity contribution is 5.99. The highest BCUT2D eigenvalue weighted by Gasteiger charge is 2.75. The number of carbonyl (C=O) groups excluding carboxylic acids is 3. The Morgan fingerprint density at radius 1 is 1.13 bits per heavy atom. The molecule has 0 bridgehead atoms. The van der Waals surface area contributed by atoms with Crippen LogP contribution in [0.2, 0.25) is 0 Å². The van der Waals surface area contributed by atoms with Crippen molar-refractivity contribution in [2.45, 2.75) is 56.6 Å². The van der Waals surface area contributed by atoms with Crippen LogP contribution in [-0.4, -0.2) is 90.7 Å². The summed E-state index contributed by atoms with van der Waals surface area (Å²) in [5.41, 5.74) is -1.07. The molecule has 6 rings (SSSR count). The number of amides is 2. The summed E-state index contributed by atoms with van der Waals surface area (Å²) in [6.07, 6.45) is 8.75. The summed E-state index contributed by atoms with van der Waals surface area (Å²) in [4.78, 5) is 44.8. The molecule has 1 aromatic carbocycles. The van der Waals surface area contributed by atoms with E-state index in [1.807, 2.05) is 42.5 Å². The van der Waals surface area contributed by atoms with Crippen molar-refractivity contribution in [1.82, 2.24) is 24.8 Å². The van der Waals surface area contributed by atoms with E-state index in [4.69, 9.17) is 9.47 Å². The number of aliphatic hydroxyl groups excluding tert-OH is 1. The Hall–Kier alpha value is -3.57. The fraction of sp³-hybridized carbons (Fsp3) is 0.519. The third-order valence-corrected chi connectivity index (χ3v) is 8.24. The minimum Gasteiger partial charge on any atom is -0.465 e. The molecule has 5 heterocycles. The van der Waals surface area contributed by atoms with Gasteiger partial charge in [-0.05, 0) is 38.8 Å². The lowest BCUT2D eigenvalue weighted by Crippen LogP contribution is -2.58. The average Bonchev–Trinajstić information content (AvgIpc) is 3.48. The summed E-state index contributed by atoms with van der Waals surface area (Å²) < 4.78 is 13.9. The molecule has 1 spiro atoms. The van der Waals surface area contributed by atoms with Crippen molar-refractivity contribution in [2.24, 2.45) is 11.8 Å². The van der Waals surface area contributed by atoms with Crippen molar-refractivity contribution >= 4 is 28.8 Å². The number of aliphatic hydroxyl groups is 1. The molecule has 11 heteroatoms.